The van der Waals surface area contributed by atoms with Gasteiger partial charge in [-0.15, -0.1) is 5.10 Å². The van der Waals surface area contributed by atoms with Gasteiger partial charge in [0, 0.05) is 33.1 Å². The molecule has 1 N–H and O–H groups in total. The summed E-state index contributed by atoms with van der Waals surface area (Å²) >= 11 is 0. The highest BCUT2D eigenvalue weighted by Crippen LogP contribution is 2.29. The van der Waals surface area contributed by atoms with E-state index in [9.17, 15) is 13.2 Å². The van der Waals surface area contributed by atoms with Crippen molar-refractivity contribution in [3.05, 3.63) is 36.4 Å². The number of fused-ring (bicyclic) bond motifs is 1. The second kappa shape index (κ2) is 9.31. The van der Waals surface area contributed by atoms with Crippen LogP contribution in [0.25, 0.3) is 11.0 Å². The minimum atomic E-state index is -3.54. The third-order valence-corrected chi connectivity index (χ3v) is 6.53. The Morgan fingerprint density at radius 1 is 1.13 bits per heavy atom. The van der Waals surface area contributed by atoms with Gasteiger partial charge in [0.15, 0.2) is 0 Å². The van der Waals surface area contributed by atoms with Crippen LogP contribution in [-0.4, -0.2) is 61.9 Å². The van der Waals surface area contributed by atoms with Crippen LogP contribution in [0.15, 0.2) is 41.3 Å². The summed E-state index contributed by atoms with van der Waals surface area (Å²) < 4.78 is 37.8. The molecule has 0 fully saturated rings. The molecule has 0 bridgehead atoms. The fourth-order valence-corrected chi connectivity index (χ4v) is 3.92. The molecule has 0 atom stereocenters. The summed E-state index contributed by atoms with van der Waals surface area (Å²) in [5, 5.41) is 11.0. The van der Waals surface area contributed by atoms with E-state index in [1.54, 1.807) is 36.1 Å². The number of carbonyl (C=O) groups is 1. The lowest BCUT2D eigenvalue weighted by Crippen LogP contribution is -2.22. The summed E-state index contributed by atoms with van der Waals surface area (Å²) in [4.78, 5) is 12.5. The van der Waals surface area contributed by atoms with E-state index < -0.39 is 10.0 Å². The Morgan fingerprint density at radius 3 is 2.58 bits per heavy atom. The molecule has 1 amide bonds. The van der Waals surface area contributed by atoms with Gasteiger partial charge in [0.05, 0.1) is 30.3 Å². The van der Waals surface area contributed by atoms with Gasteiger partial charge >= 0.3 is 0 Å². The van der Waals surface area contributed by atoms with Crippen molar-refractivity contribution in [3.8, 4) is 11.5 Å². The normalized spacial score (nSPS) is 11.6. The van der Waals surface area contributed by atoms with Crippen LogP contribution in [0.5, 0.6) is 11.5 Å². The third-order valence-electron chi connectivity index (χ3n) is 4.72. The number of rotatable bonds is 9. The molecule has 0 saturated heterocycles. The van der Waals surface area contributed by atoms with Crippen molar-refractivity contribution in [3.63, 3.8) is 0 Å². The van der Waals surface area contributed by atoms with Crippen LogP contribution < -0.4 is 14.8 Å². The number of aromatic nitrogens is 3. The van der Waals surface area contributed by atoms with E-state index in [1.807, 2.05) is 0 Å². The van der Waals surface area contributed by atoms with E-state index in [4.69, 9.17) is 9.47 Å². The van der Waals surface area contributed by atoms with Crippen LogP contribution in [0, 0.1) is 0 Å². The van der Waals surface area contributed by atoms with Gasteiger partial charge in [0.2, 0.25) is 15.9 Å². The van der Waals surface area contributed by atoms with Crippen molar-refractivity contribution >= 4 is 32.7 Å². The fraction of sp³-hybridized carbons (Fsp3) is 0.350. The van der Waals surface area contributed by atoms with Crippen LogP contribution in [0.3, 0.4) is 0 Å². The first-order chi connectivity index (χ1) is 14.8. The monoisotopic (exact) mass is 447 g/mol. The summed E-state index contributed by atoms with van der Waals surface area (Å²) in [6.07, 6.45) is 0.781. The summed E-state index contributed by atoms with van der Waals surface area (Å²) in [5.74, 6) is 0.982. The van der Waals surface area contributed by atoms with Crippen LogP contribution in [0.4, 0.5) is 5.69 Å². The minimum Gasteiger partial charge on any atom is -0.497 e. The van der Waals surface area contributed by atoms with Crippen molar-refractivity contribution in [2.45, 2.75) is 24.3 Å². The van der Waals surface area contributed by atoms with Crippen molar-refractivity contribution in [1.82, 2.24) is 19.3 Å². The maximum Gasteiger partial charge on any atom is 0.242 e. The van der Waals surface area contributed by atoms with Gasteiger partial charge in [-0.1, -0.05) is 5.21 Å². The Hall–Kier alpha value is -3.18. The largest absolute Gasteiger partial charge is 0.497 e. The van der Waals surface area contributed by atoms with E-state index >= 15 is 0 Å². The zero-order valence-electron chi connectivity index (χ0n) is 17.8. The average molecular weight is 448 g/mol. The van der Waals surface area contributed by atoms with Crippen LogP contribution >= 0.6 is 0 Å². The molecule has 3 aromatic rings. The number of methoxy groups -OCH3 is 2. The molecular weight excluding hydrogens is 422 g/mol. The predicted octanol–water partition coefficient (Wildman–Crippen LogP) is 2.12. The number of nitrogens with zero attached hydrogens (tertiary/aromatic N) is 4. The number of sulfonamides is 1. The van der Waals surface area contributed by atoms with E-state index in [0.29, 0.717) is 41.2 Å². The molecule has 0 aliphatic carbocycles. The van der Waals surface area contributed by atoms with E-state index in [-0.39, 0.29) is 17.2 Å². The molecule has 0 aliphatic heterocycles. The van der Waals surface area contributed by atoms with Gasteiger partial charge in [-0.3, -0.25) is 4.79 Å². The zero-order chi connectivity index (χ0) is 22.6. The number of carbonyl (C=O) groups excluding carboxylic acids is 1. The first-order valence-corrected chi connectivity index (χ1v) is 11.0. The molecule has 0 radical (unpaired) electrons. The van der Waals surface area contributed by atoms with Crippen molar-refractivity contribution in [1.29, 1.82) is 0 Å². The van der Waals surface area contributed by atoms with Gasteiger partial charge < -0.3 is 14.8 Å². The van der Waals surface area contributed by atoms with Gasteiger partial charge in [0.1, 0.15) is 17.0 Å². The Morgan fingerprint density at radius 2 is 1.90 bits per heavy atom. The van der Waals surface area contributed by atoms with E-state index in [0.717, 1.165) is 4.31 Å². The second-order valence-corrected chi connectivity index (χ2v) is 9.12. The van der Waals surface area contributed by atoms with Crippen LogP contribution in [0.2, 0.25) is 0 Å². The van der Waals surface area contributed by atoms with E-state index in [2.05, 4.69) is 15.6 Å². The number of ether oxygens (including phenoxy) is 2. The first kappa shape index (κ1) is 22.5. The number of hydrogen-bond donors (Lipinski definition) is 1. The lowest BCUT2D eigenvalue weighted by atomic mass is 10.2. The van der Waals surface area contributed by atoms with Crippen molar-refractivity contribution in [2.24, 2.45) is 0 Å². The van der Waals surface area contributed by atoms with Gasteiger partial charge in [0.25, 0.3) is 0 Å². The molecular formula is C20H25N5O5S. The highest BCUT2D eigenvalue weighted by Gasteiger charge is 2.19. The van der Waals surface area contributed by atoms with Crippen LogP contribution in [-0.2, 0) is 21.4 Å². The molecule has 2 aromatic carbocycles. The predicted molar refractivity (Wildman–Crippen MR) is 116 cm³/mol. The molecule has 1 heterocycles. The molecule has 0 saturated carbocycles. The molecule has 0 spiro atoms. The number of aryl methyl sites for hydroxylation is 1. The third kappa shape index (κ3) is 4.94. The van der Waals surface area contributed by atoms with Crippen molar-refractivity contribution < 1.29 is 22.7 Å². The molecule has 10 nitrogen and oxygen atoms in total. The summed E-state index contributed by atoms with van der Waals surface area (Å²) in [6.45, 7) is 0.457. The Labute approximate surface area is 180 Å². The number of amides is 1. The highest BCUT2D eigenvalue weighted by atomic mass is 32.2. The first-order valence-electron chi connectivity index (χ1n) is 9.54. The quantitative estimate of drug-likeness (QED) is 0.534. The standard InChI is InChI=1S/C20H25N5O5S/c1-24(2)31(27,28)15-8-9-18-16(13-15)22-23-25(18)11-5-6-20(26)21-17-12-14(29-3)7-10-19(17)30-4/h7-10,12-13H,5-6,11H2,1-4H3,(H,21,26). The van der Waals surface area contributed by atoms with Crippen LogP contribution in [0.1, 0.15) is 12.8 Å². The summed E-state index contributed by atoms with van der Waals surface area (Å²) in [6, 6.07) is 9.86. The summed E-state index contributed by atoms with van der Waals surface area (Å²) in [7, 11) is 2.49. The number of anilines is 1. The number of benzene rings is 2. The molecule has 1 aromatic heterocycles. The molecule has 31 heavy (non-hydrogen) atoms. The minimum absolute atomic E-state index is 0.156. The van der Waals surface area contributed by atoms with Gasteiger partial charge in [-0.25, -0.2) is 17.4 Å². The fourth-order valence-electron chi connectivity index (χ4n) is 3.00. The topological polar surface area (TPSA) is 116 Å². The van der Waals surface area contributed by atoms with Gasteiger partial charge in [-0.05, 0) is 36.8 Å². The molecule has 11 heteroatoms. The highest BCUT2D eigenvalue weighted by molar-refractivity contribution is 7.89. The number of nitrogens with one attached hydrogen (secondary N) is 1. The molecule has 166 valence electrons. The Balaban J connectivity index is 1.64. The Bertz CT molecular complexity index is 1190. The maximum absolute atomic E-state index is 12.4. The molecule has 3 rings (SSSR count). The maximum atomic E-state index is 12.4. The summed E-state index contributed by atoms with van der Waals surface area (Å²) in [5.41, 5.74) is 1.72. The molecule has 0 unspecified atom stereocenters. The van der Waals surface area contributed by atoms with E-state index in [1.165, 1.54) is 33.3 Å². The molecule has 0 aliphatic rings. The number of hydrogen-bond acceptors (Lipinski definition) is 7. The van der Waals surface area contributed by atoms with Gasteiger partial charge in [-0.2, -0.15) is 0 Å². The second-order valence-electron chi connectivity index (χ2n) is 6.97. The average Bonchev–Trinajstić information content (AvgIpc) is 3.15. The smallest absolute Gasteiger partial charge is 0.242 e. The Kier molecular flexibility index (Phi) is 6.76. The lowest BCUT2D eigenvalue weighted by molar-refractivity contribution is -0.116. The lowest BCUT2D eigenvalue weighted by Gasteiger charge is -2.12. The zero-order valence-corrected chi connectivity index (χ0v) is 18.6. The van der Waals surface area contributed by atoms with Crippen molar-refractivity contribution in [2.75, 3.05) is 33.6 Å². The SMILES string of the molecule is COc1ccc(OC)c(NC(=O)CCCn2nnc3cc(S(=O)(=O)N(C)C)ccc32)c1.